The summed E-state index contributed by atoms with van der Waals surface area (Å²) >= 11 is 0. The minimum atomic E-state index is 1.07. The second-order valence-electron chi connectivity index (χ2n) is 8.76. The summed E-state index contributed by atoms with van der Waals surface area (Å²) in [5, 5.41) is 1.50. The Kier molecular flexibility index (Phi) is 5.04. The van der Waals surface area contributed by atoms with Gasteiger partial charge in [0.15, 0.2) is 0 Å². The van der Waals surface area contributed by atoms with E-state index in [-0.39, 0.29) is 0 Å². The summed E-state index contributed by atoms with van der Waals surface area (Å²) in [5.74, 6) is 1.13. The van der Waals surface area contributed by atoms with Crippen LogP contribution in [0.1, 0.15) is 35.2 Å². The molecule has 4 heterocycles. The number of hydrogen-bond acceptors (Lipinski definition) is 3. The van der Waals surface area contributed by atoms with Crippen LogP contribution in [-0.2, 0) is 19.4 Å². The fourth-order valence-electron chi connectivity index (χ4n) is 5.22. The Morgan fingerprint density at radius 3 is 2.66 bits per heavy atom. The number of benzene rings is 1. The predicted octanol–water partition coefficient (Wildman–Crippen LogP) is 4.35. The average Bonchev–Trinajstić information content (AvgIpc) is 2.88. The molecule has 0 spiro atoms. The van der Waals surface area contributed by atoms with Gasteiger partial charge in [-0.2, -0.15) is 0 Å². The number of aromatic nitrogens is 2. The van der Waals surface area contributed by atoms with E-state index in [2.05, 4.69) is 63.5 Å². The zero-order chi connectivity index (χ0) is 19.8. The highest BCUT2D eigenvalue weighted by molar-refractivity contribution is 5.88. The lowest BCUT2D eigenvalue weighted by molar-refractivity contribution is 0.260. The summed E-state index contributed by atoms with van der Waals surface area (Å²) in [4.78, 5) is 9.63. The number of piperazine rings is 1. The summed E-state index contributed by atoms with van der Waals surface area (Å²) in [7, 11) is 0. The molecule has 0 unspecified atom stereocenters. The highest BCUT2D eigenvalue weighted by Crippen LogP contribution is 2.32. The molecule has 3 aromatic rings. The molecule has 4 heteroatoms. The molecule has 0 N–H and O–H groups in total. The van der Waals surface area contributed by atoms with Gasteiger partial charge in [-0.15, -0.1) is 0 Å². The number of anilines is 1. The van der Waals surface area contributed by atoms with Gasteiger partial charge >= 0.3 is 0 Å². The molecule has 0 saturated carbocycles. The van der Waals surface area contributed by atoms with E-state index in [1.54, 1.807) is 11.1 Å². The lowest BCUT2D eigenvalue weighted by Crippen LogP contribution is -2.47. The van der Waals surface area contributed by atoms with Crippen molar-refractivity contribution >= 4 is 16.7 Å². The second-order valence-corrected chi connectivity index (χ2v) is 8.76. The van der Waals surface area contributed by atoms with Crippen LogP contribution in [-0.4, -0.2) is 47.2 Å². The number of rotatable bonds is 4. The van der Waals surface area contributed by atoms with Gasteiger partial charge in [-0.05, 0) is 68.4 Å². The quantitative estimate of drug-likeness (QED) is 0.664. The van der Waals surface area contributed by atoms with Crippen molar-refractivity contribution in [2.75, 3.05) is 37.6 Å². The Hall–Kier alpha value is -2.33. The lowest BCUT2D eigenvalue weighted by atomic mass is 10.0. The fraction of sp³-hybridized carbons (Fsp3) is 0.480. The van der Waals surface area contributed by atoms with Gasteiger partial charge in [-0.25, -0.2) is 4.98 Å². The molecule has 1 aromatic carbocycles. The normalized spacial score (nSPS) is 17.7. The van der Waals surface area contributed by atoms with E-state index in [1.807, 2.05) is 6.20 Å². The molecule has 1 fully saturated rings. The van der Waals surface area contributed by atoms with Gasteiger partial charge in [-0.1, -0.05) is 18.2 Å². The van der Waals surface area contributed by atoms with Crippen LogP contribution in [0.4, 0.5) is 5.82 Å². The molecule has 2 aliphatic rings. The van der Waals surface area contributed by atoms with Crippen LogP contribution in [0.5, 0.6) is 0 Å². The van der Waals surface area contributed by atoms with Gasteiger partial charge in [0, 0.05) is 56.5 Å². The van der Waals surface area contributed by atoms with Gasteiger partial charge in [0.05, 0.1) is 5.52 Å². The lowest BCUT2D eigenvalue weighted by Gasteiger charge is -2.35. The van der Waals surface area contributed by atoms with Crippen molar-refractivity contribution in [3.8, 4) is 0 Å². The number of hydrogen-bond donors (Lipinski definition) is 0. The molecule has 0 amide bonds. The van der Waals surface area contributed by atoms with E-state index in [4.69, 9.17) is 0 Å². The summed E-state index contributed by atoms with van der Waals surface area (Å²) in [6.07, 6.45) is 6.93. The van der Waals surface area contributed by atoms with E-state index in [9.17, 15) is 0 Å². The Morgan fingerprint density at radius 2 is 1.83 bits per heavy atom. The third-order valence-corrected chi connectivity index (χ3v) is 6.91. The summed E-state index contributed by atoms with van der Waals surface area (Å²) in [5.41, 5.74) is 7.43. The molecular weight excluding hydrogens is 356 g/mol. The van der Waals surface area contributed by atoms with Gasteiger partial charge < -0.3 is 9.47 Å². The van der Waals surface area contributed by atoms with E-state index >= 15 is 0 Å². The molecular formula is C25H32N4. The van der Waals surface area contributed by atoms with Crippen molar-refractivity contribution in [2.45, 2.75) is 46.1 Å². The first-order chi connectivity index (χ1) is 14.2. The van der Waals surface area contributed by atoms with Crippen molar-refractivity contribution in [2.24, 2.45) is 0 Å². The molecule has 4 nitrogen and oxygen atoms in total. The Balaban J connectivity index is 1.28. The van der Waals surface area contributed by atoms with E-state index in [1.165, 1.54) is 48.0 Å². The molecule has 0 bridgehead atoms. The summed E-state index contributed by atoms with van der Waals surface area (Å²) < 4.78 is 2.61. The highest BCUT2D eigenvalue weighted by Gasteiger charge is 2.21. The first-order valence-corrected chi connectivity index (χ1v) is 11.2. The van der Waals surface area contributed by atoms with Gasteiger partial charge in [-0.3, -0.25) is 4.90 Å². The number of aryl methyl sites for hydroxylation is 3. The maximum Gasteiger partial charge on any atom is 0.128 e. The molecule has 0 atom stereocenters. The Labute approximate surface area is 174 Å². The molecule has 2 aromatic heterocycles. The van der Waals surface area contributed by atoms with Gasteiger partial charge in [0.2, 0.25) is 0 Å². The van der Waals surface area contributed by atoms with Crippen LogP contribution in [0.15, 0.2) is 36.5 Å². The second kappa shape index (κ2) is 7.83. The minimum Gasteiger partial charge on any atom is -0.354 e. The predicted molar refractivity (Wildman–Crippen MR) is 121 cm³/mol. The van der Waals surface area contributed by atoms with E-state index in [0.29, 0.717) is 0 Å². The maximum atomic E-state index is 4.57. The average molecular weight is 389 g/mol. The van der Waals surface area contributed by atoms with Crippen LogP contribution < -0.4 is 4.90 Å². The van der Waals surface area contributed by atoms with Crippen molar-refractivity contribution < 1.29 is 0 Å². The number of pyridine rings is 1. The van der Waals surface area contributed by atoms with Crippen molar-refractivity contribution in [1.29, 1.82) is 0 Å². The molecule has 0 aliphatic carbocycles. The molecule has 0 radical (unpaired) electrons. The van der Waals surface area contributed by atoms with E-state index in [0.717, 1.165) is 45.0 Å². The topological polar surface area (TPSA) is 24.3 Å². The number of nitrogens with zero attached hydrogens (tertiary/aromatic N) is 4. The summed E-state index contributed by atoms with van der Waals surface area (Å²) in [6.45, 7) is 11.2. The van der Waals surface area contributed by atoms with Crippen molar-refractivity contribution in [3.05, 3.63) is 58.9 Å². The zero-order valence-electron chi connectivity index (χ0n) is 17.8. The van der Waals surface area contributed by atoms with Gasteiger partial charge in [0.1, 0.15) is 5.82 Å². The van der Waals surface area contributed by atoms with Crippen LogP contribution in [0, 0.1) is 13.8 Å². The van der Waals surface area contributed by atoms with Crippen LogP contribution in [0.25, 0.3) is 10.9 Å². The van der Waals surface area contributed by atoms with Crippen LogP contribution in [0.3, 0.4) is 0 Å². The zero-order valence-corrected chi connectivity index (χ0v) is 17.8. The SMILES string of the molecule is Cc1ccnc(N2CCN(CCc3c(C)n4c5c(cccc35)CCCC4)CC2)c1. The highest BCUT2D eigenvalue weighted by atomic mass is 15.3. The first kappa shape index (κ1) is 18.7. The molecule has 5 rings (SSSR count). The minimum absolute atomic E-state index is 1.07. The smallest absolute Gasteiger partial charge is 0.128 e. The van der Waals surface area contributed by atoms with E-state index < -0.39 is 0 Å². The molecule has 29 heavy (non-hydrogen) atoms. The Morgan fingerprint density at radius 1 is 0.966 bits per heavy atom. The molecule has 2 aliphatic heterocycles. The molecule has 152 valence electrons. The first-order valence-electron chi connectivity index (χ1n) is 11.2. The molecule has 1 saturated heterocycles. The van der Waals surface area contributed by atoms with Crippen molar-refractivity contribution in [3.63, 3.8) is 0 Å². The maximum absolute atomic E-state index is 4.57. The van der Waals surface area contributed by atoms with Crippen molar-refractivity contribution in [1.82, 2.24) is 14.5 Å². The Bertz CT molecular complexity index is 1010. The fourth-order valence-corrected chi connectivity index (χ4v) is 5.22. The third kappa shape index (κ3) is 3.55. The largest absolute Gasteiger partial charge is 0.354 e. The number of para-hydroxylation sites is 1. The van der Waals surface area contributed by atoms with Crippen LogP contribution in [0.2, 0.25) is 0 Å². The third-order valence-electron chi connectivity index (χ3n) is 6.91. The summed E-state index contributed by atoms with van der Waals surface area (Å²) in [6, 6.07) is 11.2. The monoisotopic (exact) mass is 388 g/mol. The standard InChI is InChI=1S/C25H32N4/c1-19-9-11-26-24(18-19)28-16-14-27(15-17-28)13-10-22-20(2)29-12-4-3-6-21-7-5-8-23(22)25(21)29/h5,7-9,11,18H,3-4,6,10,12-17H2,1-2H3. The van der Waals surface area contributed by atoms with Gasteiger partial charge in [0.25, 0.3) is 0 Å². The van der Waals surface area contributed by atoms with Crippen LogP contribution >= 0.6 is 0 Å².